The lowest BCUT2D eigenvalue weighted by Crippen LogP contribution is -2.38. The average molecular weight is 428 g/mol. The Morgan fingerprint density at radius 3 is 2.45 bits per heavy atom. The fraction of sp³-hybridized carbons (Fsp3) is 0.316. The Bertz CT molecular complexity index is 1010. The molecule has 0 saturated carbocycles. The number of benzene rings is 2. The second-order valence-electron chi connectivity index (χ2n) is 6.52. The minimum absolute atomic E-state index is 0.147. The van der Waals surface area contributed by atoms with Gasteiger partial charge in [0, 0.05) is 0 Å². The first-order chi connectivity index (χ1) is 13.6. The molecule has 0 fully saturated rings. The van der Waals surface area contributed by atoms with E-state index in [1.165, 1.54) is 24.3 Å². The molecule has 1 aliphatic rings. The van der Waals surface area contributed by atoms with Gasteiger partial charge in [0.25, 0.3) is 0 Å². The van der Waals surface area contributed by atoms with Crippen LogP contribution in [0, 0.1) is 0 Å². The maximum atomic E-state index is 13.0. The SMILES string of the molecule is CCCCOC(=O)c1ccc([C@@H]2Nc3cc(C(F)(F)F)ccc3S(=O)(=O)N2)cc1. The summed E-state index contributed by atoms with van der Waals surface area (Å²) in [5.41, 5.74) is -0.374. The van der Waals surface area contributed by atoms with Crippen molar-refractivity contribution in [2.45, 2.75) is 37.0 Å². The molecule has 2 N–H and O–H groups in total. The fourth-order valence-electron chi connectivity index (χ4n) is 2.81. The van der Waals surface area contributed by atoms with Crippen molar-refractivity contribution in [2.24, 2.45) is 0 Å². The van der Waals surface area contributed by atoms with Crippen LogP contribution in [0.3, 0.4) is 0 Å². The number of ether oxygens (including phenoxy) is 1. The minimum atomic E-state index is -4.60. The molecule has 2 aromatic rings. The maximum Gasteiger partial charge on any atom is 0.416 e. The van der Waals surface area contributed by atoms with Crippen LogP contribution in [-0.4, -0.2) is 21.0 Å². The fourth-order valence-corrected chi connectivity index (χ4v) is 4.10. The van der Waals surface area contributed by atoms with Crippen LogP contribution in [-0.2, 0) is 20.9 Å². The summed E-state index contributed by atoms with van der Waals surface area (Å²) in [6.07, 6.45) is -3.95. The Morgan fingerprint density at radius 2 is 1.83 bits per heavy atom. The molecule has 6 nitrogen and oxygen atoms in total. The van der Waals surface area contributed by atoms with Crippen molar-refractivity contribution < 1.29 is 31.1 Å². The molecule has 0 saturated heterocycles. The highest BCUT2D eigenvalue weighted by atomic mass is 32.2. The molecule has 2 aromatic carbocycles. The summed E-state index contributed by atoms with van der Waals surface area (Å²) in [5, 5.41) is 2.77. The molecule has 1 aliphatic heterocycles. The molecule has 0 unspecified atom stereocenters. The number of carbonyl (C=O) groups excluding carboxylic acids is 1. The lowest BCUT2D eigenvalue weighted by Gasteiger charge is -2.29. The second kappa shape index (κ2) is 8.03. The predicted octanol–water partition coefficient (Wildman–Crippen LogP) is 4.06. The molecule has 156 valence electrons. The van der Waals surface area contributed by atoms with Gasteiger partial charge in [0.1, 0.15) is 11.1 Å². The van der Waals surface area contributed by atoms with Crippen LogP contribution in [0.15, 0.2) is 47.4 Å². The first-order valence-electron chi connectivity index (χ1n) is 8.89. The number of esters is 1. The molecule has 1 heterocycles. The highest BCUT2D eigenvalue weighted by Gasteiger charge is 2.35. The predicted molar refractivity (Wildman–Crippen MR) is 99.8 cm³/mol. The summed E-state index contributed by atoms with van der Waals surface area (Å²) < 4.78 is 71.2. The Balaban J connectivity index is 1.83. The van der Waals surface area contributed by atoms with E-state index in [9.17, 15) is 26.4 Å². The smallest absolute Gasteiger partial charge is 0.416 e. The first kappa shape index (κ1) is 21.1. The number of unbranched alkanes of at least 4 members (excludes halogenated alkanes) is 1. The van der Waals surface area contributed by atoms with Crippen LogP contribution in [0.25, 0.3) is 0 Å². The summed E-state index contributed by atoms with van der Waals surface area (Å²) in [5.74, 6) is -0.498. The van der Waals surface area contributed by atoms with Crippen LogP contribution in [0.5, 0.6) is 0 Å². The minimum Gasteiger partial charge on any atom is -0.462 e. The number of halogens is 3. The zero-order valence-corrected chi connectivity index (χ0v) is 16.2. The van der Waals surface area contributed by atoms with Crippen molar-refractivity contribution >= 4 is 21.7 Å². The van der Waals surface area contributed by atoms with Crippen molar-refractivity contribution in [3.63, 3.8) is 0 Å². The molecule has 29 heavy (non-hydrogen) atoms. The number of alkyl halides is 3. The van der Waals surface area contributed by atoms with Crippen molar-refractivity contribution in [1.29, 1.82) is 0 Å². The van der Waals surface area contributed by atoms with Crippen molar-refractivity contribution in [3.05, 3.63) is 59.2 Å². The lowest BCUT2D eigenvalue weighted by molar-refractivity contribution is -0.137. The van der Waals surface area contributed by atoms with Crippen LogP contribution < -0.4 is 10.0 Å². The van der Waals surface area contributed by atoms with Crippen molar-refractivity contribution in [2.75, 3.05) is 11.9 Å². The highest BCUT2D eigenvalue weighted by Crippen LogP contribution is 2.37. The Kier molecular flexibility index (Phi) is 5.85. The van der Waals surface area contributed by atoms with Gasteiger partial charge in [-0.2, -0.15) is 17.9 Å². The molecular formula is C19H19F3N2O4S. The van der Waals surface area contributed by atoms with Gasteiger partial charge in [-0.05, 0) is 42.3 Å². The van der Waals surface area contributed by atoms with Gasteiger partial charge >= 0.3 is 12.1 Å². The third-order valence-electron chi connectivity index (χ3n) is 4.38. The van der Waals surface area contributed by atoms with E-state index in [2.05, 4.69) is 10.0 Å². The molecule has 3 rings (SSSR count). The summed E-state index contributed by atoms with van der Waals surface area (Å²) in [4.78, 5) is 11.7. The van der Waals surface area contributed by atoms with Gasteiger partial charge in [-0.1, -0.05) is 25.5 Å². The summed E-state index contributed by atoms with van der Waals surface area (Å²) >= 11 is 0. The van der Waals surface area contributed by atoms with Gasteiger partial charge in [-0.25, -0.2) is 13.2 Å². The number of fused-ring (bicyclic) bond motifs is 1. The number of sulfonamides is 1. The molecule has 10 heteroatoms. The highest BCUT2D eigenvalue weighted by molar-refractivity contribution is 7.89. The van der Waals surface area contributed by atoms with Gasteiger partial charge < -0.3 is 10.1 Å². The second-order valence-corrected chi connectivity index (χ2v) is 8.20. The molecule has 0 spiro atoms. The van der Waals surface area contributed by atoms with Crippen LogP contribution in [0.2, 0.25) is 0 Å². The number of hydrogen-bond donors (Lipinski definition) is 2. The largest absolute Gasteiger partial charge is 0.462 e. The normalized spacial score (nSPS) is 17.9. The number of hydrogen-bond acceptors (Lipinski definition) is 5. The van der Waals surface area contributed by atoms with Crippen LogP contribution in [0.4, 0.5) is 18.9 Å². The van der Waals surface area contributed by atoms with E-state index in [4.69, 9.17) is 4.74 Å². The molecule has 0 amide bonds. The number of nitrogens with one attached hydrogen (secondary N) is 2. The van der Waals surface area contributed by atoms with E-state index in [0.717, 1.165) is 31.0 Å². The summed E-state index contributed by atoms with van der Waals surface area (Å²) in [6.45, 7) is 2.27. The van der Waals surface area contributed by atoms with E-state index < -0.39 is 33.9 Å². The number of carbonyl (C=O) groups is 1. The van der Waals surface area contributed by atoms with E-state index in [0.29, 0.717) is 17.7 Å². The van der Waals surface area contributed by atoms with Crippen molar-refractivity contribution in [1.82, 2.24) is 4.72 Å². The van der Waals surface area contributed by atoms with Crippen LogP contribution >= 0.6 is 0 Å². The van der Waals surface area contributed by atoms with Gasteiger partial charge in [-0.3, -0.25) is 0 Å². The Morgan fingerprint density at radius 1 is 1.14 bits per heavy atom. The monoisotopic (exact) mass is 428 g/mol. The first-order valence-corrected chi connectivity index (χ1v) is 10.4. The zero-order chi connectivity index (χ0) is 21.2. The average Bonchev–Trinajstić information content (AvgIpc) is 2.66. The van der Waals surface area contributed by atoms with E-state index >= 15 is 0 Å². The number of anilines is 1. The summed E-state index contributed by atoms with van der Waals surface area (Å²) in [6, 6.07) is 8.37. The molecule has 0 aromatic heterocycles. The molecule has 0 radical (unpaired) electrons. The molecule has 0 bridgehead atoms. The van der Waals surface area contributed by atoms with Gasteiger partial charge in [-0.15, -0.1) is 0 Å². The molecule has 0 aliphatic carbocycles. The third kappa shape index (κ3) is 4.70. The molecule has 1 atom stereocenters. The van der Waals surface area contributed by atoms with Gasteiger partial charge in [0.15, 0.2) is 0 Å². The van der Waals surface area contributed by atoms with Crippen LogP contribution in [0.1, 0.15) is 47.4 Å². The quantitative estimate of drug-likeness (QED) is 0.554. The zero-order valence-electron chi connectivity index (χ0n) is 15.4. The van der Waals surface area contributed by atoms with Crippen molar-refractivity contribution in [3.8, 4) is 0 Å². The Labute approximate surface area is 166 Å². The van der Waals surface area contributed by atoms with E-state index in [1.54, 1.807) is 0 Å². The van der Waals surface area contributed by atoms with E-state index in [1.807, 2.05) is 6.92 Å². The van der Waals surface area contributed by atoms with Gasteiger partial charge in [0.2, 0.25) is 10.0 Å². The third-order valence-corrected chi connectivity index (χ3v) is 5.86. The maximum absolute atomic E-state index is 13.0. The molecular weight excluding hydrogens is 409 g/mol. The lowest BCUT2D eigenvalue weighted by atomic mass is 10.1. The van der Waals surface area contributed by atoms with Gasteiger partial charge in [0.05, 0.1) is 23.4 Å². The summed E-state index contributed by atoms with van der Waals surface area (Å²) in [7, 11) is -4.01. The Hall–Kier alpha value is -2.59. The van der Waals surface area contributed by atoms with E-state index in [-0.39, 0.29) is 10.6 Å². The standard InChI is InChI=1S/C19H19F3N2O4S/c1-2-3-10-28-18(25)13-6-4-12(5-7-13)17-23-15-11-14(19(20,21)22)8-9-16(15)29(26,27)24-17/h4-9,11,17,23-24H,2-3,10H2,1H3/t17-/m1/s1. The number of rotatable bonds is 5. The topological polar surface area (TPSA) is 84.5 Å².